The molecule has 0 aromatic carbocycles. The van der Waals surface area contributed by atoms with Gasteiger partial charge in [-0.05, 0) is 58.2 Å². The molecule has 3 heteroatoms. The van der Waals surface area contributed by atoms with Gasteiger partial charge >= 0.3 is 0 Å². The SMILES string of the molecule is O=C(NCCCCCN1CCCCCC1)C1CCCCC1. The summed E-state index contributed by atoms with van der Waals surface area (Å²) in [6, 6.07) is 0. The van der Waals surface area contributed by atoms with E-state index in [2.05, 4.69) is 10.2 Å². The van der Waals surface area contributed by atoms with E-state index in [9.17, 15) is 4.79 Å². The zero-order valence-corrected chi connectivity index (χ0v) is 13.7. The van der Waals surface area contributed by atoms with Gasteiger partial charge in [0, 0.05) is 12.5 Å². The maximum absolute atomic E-state index is 12.0. The third-order valence-corrected chi connectivity index (χ3v) is 5.12. The lowest BCUT2D eigenvalue weighted by molar-refractivity contribution is -0.125. The van der Waals surface area contributed by atoms with E-state index in [-0.39, 0.29) is 0 Å². The molecule has 1 saturated carbocycles. The van der Waals surface area contributed by atoms with E-state index >= 15 is 0 Å². The minimum absolute atomic E-state index is 0.316. The number of likely N-dealkylation sites (tertiary alicyclic amines) is 1. The molecule has 0 atom stereocenters. The first-order valence-electron chi connectivity index (χ1n) is 9.36. The Morgan fingerprint density at radius 2 is 1.52 bits per heavy atom. The number of carbonyl (C=O) groups excluding carboxylic acids is 1. The first-order valence-corrected chi connectivity index (χ1v) is 9.36. The average Bonchev–Trinajstić information content (AvgIpc) is 2.80. The fourth-order valence-electron chi connectivity index (χ4n) is 3.72. The zero-order chi connectivity index (χ0) is 14.8. The van der Waals surface area contributed by atoms with Gasteiger partial charge in [0.25, 0.3) is 0 Å². The summed E-state index contributed by atoms with van der Waals surface area (Å²) in [7, 11) is 0. The van der Waals surface area contributed by atoms with E-state index in [4.69, 9.17) is 0 Å². The van der Waals surface area contributed by atoms with Crippen LogP contribution in [0.3, 0.4) is 0 Å². The molecule has 0 radical (unpaired) electrons. The van der Waals surface area contributed by atoms with E-state index < -0.39 is 0 Å². The molecule has 1 aliphatic carbocycles. The van der Waals surface area contributed by atoms with Crippen molar-refractivity contribution in [3.8, 4) is 0 Å². The molecule has 2 fully saturated rings. The van der Waals surface area contributed by atoms with Crippen LogP contribution in [0.4, 0.5) is 0 Å². The first kappa shape index (κ1) is 16.8. The molecule has 0 aromatic rings. The molecule has 0 aromatic heterocycles. The molecule has 0 bridgehead atoms. The Kier molecular flexibility index (Phi) is 8.16. The lowest BCUT2D eigenvalue weighted by Gasteiger charge is -2.21. The summed E-state index contributed by atoms with van der Waals surface area (Å²) >= 11 is 0. The highest BCUT2D eigenvalue weighted by Gasteiger charge is 2.20. The van der Waals surface area contributed by atoms with Crippen molar-refractivity contribution in [1.29, 1.82) is 0 Å². The highest BCUT2D eigenvalue weighted by atomic mass is 16.1. The molecule has 1 heterocycles. The molecule has 0 spiro atoms. The van der Waals surface area contributed by atoms with Crippen LogP contribution in [0.2, 0.25) is 0 Å². The van der Waals surface area contributed by atoms with Crippen molar-refractivity contribution in [2.24, 2.45) is 5.92 Å². The van der Waals surface area contributed by atoms with Crippen LogP contribution in [-0.2, 0) is 4.79 Å². The highest BCUT2D eigenvalue weighted by molar-refractivity contribution is 5.78. The van der Waals surface area contributed by atoms with Gasteiger partial charge in [0.05, 0.1) is 0 Å². The lowest BCUT2D eigenvalue weighted by atomic mass is 9.89. The minimum atomic E-state index is 0.316. The van der Waals surface area contributed by atoms with Gasteiger partial charge in [-0.15, -0.1) is 0 Å². The first-order chi connectivity index (χ1) is 10.4. The topological polar surface area (TPSA) is 32.3 Å². The number of nitrogens with zero attached hydrogens (tertiary/aromatic N) is 1. The fraction of sp³-hybridized carbons (Fsp3) is 0.944. The van der Waals surface area contributed by atoms with Crippen LogP contribution in [0.15, 0.2) is 0 Å². The van der Waals surface area contributed by atoms with Gasteiger partial charge in [-0.2, -0.15) is 0 Å². The van der Waals surface area contributed by atoms with E-state index in [1.54, 1.807) is 0 Å². The van der Waals surface area contributed by atoms with E-state index in [0.29, 0.717) is 11.8 Å². The summed E-state index contributed by atoms with van der Waals surface area (Å²) in [5.41, 5.74) is 0. The normalized spacial score (nSPS) is 21.9. The van der Waals surface area contributed by atoms with Crippen molar-refractivity contribution in [3.63, 3.8) is 0 Å². The number of nitrogens with one attached hydrogen (secondary N) is 1. The van der Waals surface area contributed by atoms with Crippen molar-refractivity contribution in [2.45, 2.75) is 77.0 Å². The summed E-state index contributed by atoms with van der Waals surface area (Å²) in [6.45, 7) is 4.75. The third-order valence-electron chi connectivity index (χ3n) is 5.12. The molecular weight excluding hydrogens is 260 g/mol. The number of hydrogen-bond donors (Lipinski definition) is 1. The Labute approximate surface area is 130 Å². The largest absolute Gasteiger partial charge is 0.356 e. The second kappa shape index (κ2) is 10.2. The molecule has 122 valence electrons. The van der Waals surface area contributed by atoms with Crippen molar-refractivity contribution >= 4 is 5.91 Å². The van der Waals surface area contributed by atoms with Crippen LogP contribution in [-0.4, -0.2) is 37.0 Å². The number of rotatable bonds is 7. The maximum Gasteiger partial charge on any atom is 0.223 e. The van der Waals surface area contributed by atoms with Crippen LogP contribution in [0, 0.1) is 5.92 Å². The second-order valence-electron chi connectivity index (χ2n) is 6.94. The molecule has 1 amide bonds. The van der Waals surface area contributed by atoms with Crippen molar-refractivity contribution in [1.82, 2.24) is 10.2 Å². The summed E-state index contributed by atoms with van der Waals surface area (Å²) in [4.78, 5) is 14.6. The Balaban J connectivity index is 1.45. The maximum atomic E-state index is 12.0. The van der Waals surface area contributed by atoms with Gasteiger partial charge < -0.3 is 10.2 Å². The van der Waals surface area contributed by atoms with Gasteiger partial charge in [-0.1, -0.05) is 38.5 Å². The number of carbonyl (C=O) groups is 1. The summed E-state index contributed by atoms with van der Waals surface area (Å²) in [6.07, 6.45) is 15.3. The molecule has 2 aliphatic rings. The lowest BCUT2D eigenvalue weighted by Crippen LogP contribution is -2.32. The van der Waals surface area contributed by atoms with E-state index in [0.717, 1.165) is 25.8 Å². The molecule has 21 heavy (non-hydrogen) atoms. The summed E-state index contributed by atoms with van der Waals surface area (Å²) in [5.74, 6) is 0.637. The smallest absolute Gasteiger partial charge is 0.223 e. The predicted molar refractivity (Wildman–Crippen MR) is 88.3 cm³/mol. The monoisotopic (exact) mass is 294 g/mol. The van der Waals surface area contributed by atoms with Crippen LogP contribution in [0.25, 0.3) is 0 Å². The van der Waals surface area contributed by atoms with Crippen molar-refractivity contribution < 1.29 is 4.79 Å². The standard InChI is InChI=1S/C18H34N2O/c21-18(17-11-5-3-6-12-17)19-13-7-4-10-16-20-14-8-1-2-9-15-20/h17H,1-16H2,(H,19,21). The molecule has 2 rings (SSSR count). The summed E-state index contributed by atoms with van der Waals surface area (Å²) < 4.78 is 0. The van der Waals surface area contributed by atoms with Crippen LogP contribution >= 0.6 is 0 Å². The summed E-state index contributed by atoms with van der Waals surface area (Å²) in [5, 5.41) is 3.15. The Hall–Kier alpha value is -0.570. The molecular formula is C18H34N2O. The van der Waals surface area contributed by atoms with Crippen LogP contribution in [0.1, 0.15) is 77.0 Å². The quantitative estimate of drug-likeness (QED) is 0.726. The fourth-order valence-corrected chi connectivity index (χ4v) is 3.72. The van der Waals surface area contributed by atoms with Gasteiger partial charge in [0.15, 0.2) is 0 Å². The molecule has 1 saturated heterocycles. The van der Waals surface area contributed by atoms with Gasteiger partial charge in [0.1, 0.15) is 0 Å². The van der Waals surface area contributed by atoms with Gasteiger partial charge in [-0.3, -0.25) is 4.79 Å². The second-order valence-corrected chi connectivity index (χ2v) is 6.94. The van der Waals surface area contributed by atoms with Crippen LogP contribution in [0.5, 0.6) is 0 Å². The van der Waals surface area contributed by atoms with Crippen molar-refractivity contribution in [3.05, 3.63) is 0 Å². The Bertz CT molecular complexity index is 279. The van der Waals surface area contributed by atoms with Gasteiger partial charge in [0.2, 0.25) is 5.91 Å². The van der Waals surface area contributed by atoms with Crippen molar-refractivity contribution in [2.75, 3.05) is 26.2 Å². The zero-order valence-electron chi connectivity index (χ0n) is 13.7. The minimum Gasteiger partial charge on any atom is -0.356 e. The predicted octanol–water partition coefficient (Wildman–Crippen LogP) is 3.73. The van der Waals surface area contributed by atoms with Gasteiger partial charge in [-0.25, -0.2) is 0 Å². The van der Waals surface area contributed by atoms with E-state index in [1.807, 2.05) is 0 Å². The number of unbranched alkanes of at least 4 members (excludes halogenated alkanes) is 2. The third kappa shape index (κ3) is 6.82. The Morgan fingerprint density at radius 1 is 0.857 bits per heavy atom. The van der Waals surface area contributed by atoms with Crippen LogP contribution < -0.4 is 5.32 Å². The molecule has 3 nitrogen and oxygen atoms in total. The number of hydrogen-bond acceptors (Lipinski definition) is 2. The number of amides is 1. The van der Waals surface area contributed by atoms with E-state index in [1.165, 1.54) is 77.4 Å². The average molecular weight is 294 g/mol. The molecule has 1 N–H and O–H groups in total. The molecule has 0 unspecified atom stereocenters. The molecule has 1 aliphatic heterocycles. The Morgan fingerprint density at radius 3 is 2.24 bits per heavy atom. The highest BCUT2D eigenvalue weighted by Crippen LogP contribution is 2.23.